The Bertz CT molecular complexity index is 373. The molecular weight excluding hydrogens is 280 g/mol. The van der Waals surface area contributed by atoms with E-state index in [1.807, 2.05) is 0 Å². The van der Waals surface area contributed by atoms with Gasteiger partial charge in [-0.15, -0.1) is 0 Å². The first kappa shape index (κ1) is 13.1. The van der Waals surface area contributed by atoms with E-state index in [1.165, 1.54) is 0 Å². The van der Waals surface area contributed by atoms with E-state index in [2.05, 4.69) is 27.8 Å². The predicted molar refractivity (Wildman–Crippen MR) is 62.6 cm³/mol. The van der Waals surface area contributed by atoms with Crippen LogP contribution >= 0.6 is 15.9 Å². The molecule has 88 valence electrons. The summed E-state index contributed by atoms with van der Waals surface area (Å²) < 4.78 is 31.5. The second-order valence-corrected chi connectivity index (χ2v) is 4.12. The molecule has 2 nitrogen and oxygen atoms in total. The molecule has 0 saturated carbocycles. The molecule has 0 aromatic heterocycles. The maximum atomic E-state index is 13.3. The summed E-state index contributed by atoms with van der Waals surface area (Å²) in [7, 11) is 1.78. The minimum Gasteiger partial charge on any atom is -0.485 e. The Morgan fingerprint density at radius 3 is 2.75 bits per heavy atom. The summed E-state index contributed by atoms with van der Waals surface area (Å²) in [6.45, 7) is 4.50. The lowest BCUT2D eigenvalue weighted by Gasteiger charge is -2.10. The van der Waals surface area contributed by atoms with Crippen molar-refractivity contribution in [2.45, 2.75) is 0 Å². The van der Waals surface area contributed by atoms with E-state index in [4.69, 9.17) is 4.74 Å². The van der Waals surface area contributed by atoms with Crippen molar-refractivity contribution < 1.29 is 13.5 Å². The van der Waals surface area contributed by atoms with Crippen molar-refractivity contribution in [3.05, 3.63) is 40.4 Å². The first-order valence-corrected chi connectivity index (χ1v) is 5.42. The summed E-state index contributed by atoms with van der Waals surface area (Å²) in [6.07, 6.45) is 0. The fourth-order valence-corrected chi connectivity index (χ4v) is 1.66. The number of halogens is 3. The molecule has 1 aromatic carbocycles. The van der Waals surface area contributed by atoms with Gasteiger partial charge in [-0.05, 0) is 34.6 Å². The highest BCUT2D eigenvalue weighted by atomic mass is 79.9. The smallest absolute Gasteiger partial charge is 0.169 e. The summed E-state index contributed by atoms with van der Waals surface area (Å²) in [5.74, 6) is -1.38. The Morgan fingerprint density at radius 2 is 2.19 bits per heavy atom. The maximum absolute atomic E-state index is 13.3. The van der Waals surface area contributed by atoms with E-state index in [9.17, 15) is 8.78 Å². The fraction of sp³-hybridized carbons (Fsp3) is 0.273. The van der Waals surface area contributed by atoms with Crippen LogP contribution in [0.1, 0.15) is 0 Å². The first-order valence-electron chi connectivity index (χ1n) is 4.63. The molecule has 0 saturated heterocycles. The summed E-state index contributed by atoms with van der Waals surface area (Å²) in [5.41, 5.74) is 0.776. The minimum atomic E-state index is -0.732. The SMILES string of the molecule is C=C(CNC)COc1c(F)cc(F)cc1Br. The van der Waals surface area contributed by atoms with Crippen molar-refractivity contribution in [3.63, 3.8) is 0 Å². The van der Waals surface area contributed by atoms with E-state index in [0.717, 1.165) is 17.7 Å². The second-order valence-electron chi connectivity index (χ2n) is 3.27. The number of hydrogen-bond donors (Lipinski definition) is 1. The number of nitrogens with one attached hydrogen (secondary N) is 1. The van der Waals surface area contributed by atoms with Gasteiger partial charge in [0.1, 0.15) is 12.4 Å². The lowest BCUT2D eigenvalue weighted by atomic mass is 10.3. The molecule has 0 aliphatic carbocycles. The Morgan fingerprint density at radius 1 is 1.50 bits per heavy atom. The van der Waals surface area contributed by atoms with E-state index in [-0.39, 0.29) is 16.8 Å². The number of likely N-dealkylation sites (N-methyl/N-ethyl adjacent to an activating group) is 1. The highest BCUT2D eigenvalue weighted by molar-refractivity contribution is 9.10. The van der Waals surface area contributed by atoms with Crippen LogP contribution in [0.4, 0.5) is 8.78 Å². The van der Waals surface area contributed by atoms with Gasteiger partial charge in [-0.2, -0.15) is 0 Å². The quantitative estimate of drug-likeness (QED) is 0.843. The zero-order valence-electron chi connectivity index (χ0n) is 8.82. The zero-order valence-corrected chi connectivity index (χ0v) is 10.4. The molecule has 0 unspecified atom stereocenters. The standard InChI is InChI=1S/C11H12BrF2NO/c1-7(5-15-2)6-16-11-9(12)3-8(13)4-10(11)14/h3-4,15H,1,5-6H2,2H3. The third-order valence-corrected chi connectivity index (χ3v) is 2.40. The van der Waals surface area contributed by atoms with Gasteiger partial charge in [-0.1, -0.05) is 6.58 Å². The lowest BCUT2D eigenvalue weighted by Crippen LogP contribution is -2.15. The zero-order chi connectivity index (χ0) is 12.1. The van der Waals surface area contributed by atoms with Crippen LogP contribution in [0.15, 0.2) is 28.8 Å². The molecule has 0 radical (unpaired) electrons. The Kier molecular flexibility index (Phi) is 4.89. The van der Waals surface area contributed by atoms with Crippen LogP contribution in [0, 0.1) is 11.6 Å². The normalized spacial score (nSPS) is 10.2. The van der Waals surface area contributed by atoms with Crippen LogP contribution in [0.2, 0.25) is 0 Å². The highest BCUT2D eigenvalue weighted by Crippen LogP contribution is 2.29. The third-order valence-electron chi connectivity index (χ3n) is 1.81. The predicted octanol–water partition coefficient (Wildman–Crippen LogP) is 2.88. The van der Waals surface area contributed by atoms with Gasteiger partial charge in [-0.25, -0.2) is 8.78 Å². The molecule has 1 rings (SSSR count). The van der Waals surface area contributed by atoms with Crippen molar-refractivity contribution in [2.24, 2.45) is 0 Å². The minimum absolute atomic E-state index is 0.00125. The third kappa shape index (κ3) is 3.57. The highest BCUT2D eigenvalue weighted by Gasteiger charge is 2.11. The first-order chi connectivity index (χ1) is 7.54. The molecule has 16 heavy (non-hydrogen) atoms. The monoisotopic (exact) mass is 291 g/mol. The van der Waals surface area contributed by atoms with Crippen LogP contribution in [0.25, 0.3) is 0 Å². The number of benzene rings is 1. The van der Waals surface area contributed by atoms with E-state index >= 15 is 0 Å². The summed E-state index contributed by atoms with van der Waals surface area (Å²) >= 11 is 3.04. The molecule has 1 aromatic rings. The summed E-state index contributed by atoms with van der Waals surface area (Å²) in [4.78, 5) is 0. The molecule has 0 heterocycles. The topological polar surface area (TPSA) is 21.3 Å². The molecule has 0 bridgehead atoms. The largest absolute Gasteiger partial charge is 0.485 e. The molecule has 1 N–H and O–H groups in total. The van der Waals surface area contributed by atoms with Crippen LogP contribution < -0.4 is 10.1 Å². The summed E-state index contributed by atoms with van der Waals surface area (Å²) in [6, 6.07) is 1.93. The lowest BCUT2D eigenvalue weighted by molar-refractivity contribution is 0.326. The molecule has 0 aliphatic heterocycles. The van der Waals surface area contributed by atoms with Gasteiger partial charge in [0.25, 0.3) is 0 Å². The van der Waals surface area contributed by atoms with Crippen molar-refractivity contribution in [3.8, 4) is 5.75 Å². The van der Waals surface area contributed by atoms with E-state index in [0.29, 0.717) is 6.54 Å². The number of ether oxygens (including phenoxy) is 1. The fourth-order valence-electron chi connectivity index (χ4n) is 1.14. The molecule has 0 atom stereocenters. The van der Waals surface area contributed by atoms with Crippen LogP contribution in [-0.2, 0) is 0 Å². The molecule has 5 heteroatoms. The Labute approximate surface area is 101 Å². The van der Waals surface area contributed by atoms with E-state index < -0.39 is 11.6 Å². The Hall–Kier alpha value is -0.940. The second kappa shape index (κ2) is 5.96. The number of rotatable bonds is 5. The van der Waals surface area contributed by atoms with Gasteiger partial charge in [0, 0.05) is 12.6 Å². The van der Waals surface area contributed by atoms with Crippen molar-refractivity contribution >= 4 is 15.9 Å². The van der Waals surface area contributed by atoms with Crippen LogP contribution in [-0.4, -0.2) is 20.2 Å². The summed E-state index contributed by atoms with van der Waals surface area (Å²) in [5, 5.41) is 2.90. The van der Waals surface area contributed by atoms with Gasteiger partial charge in [-0.3, -0.25) is 0 Å². The molecule has 0 spiro atoms. The molecule has 0 aliphatic rings. The number of hydrogen-bond acceptors (Lipinski definition) is 2. The van der Waals surface area contributed by atoms with Crippen molar-refractivity contribution in [1.82, 2.24) is 5.32 Å². The molecule has 0 fully saturated rings. The Balaban J connectivity index is 2.70. The van der Waals surface area contributed by atoms with Crippen LogP contribution in [0.5, 0.6) is 5.75 Å². The average molecular weight is 292 g/mol. The van der Waals surface area contributed by atoms with Gasteiger partial charge in [0.15, 0.2) is 11.6 Å². The molecular formula is C11H12BrF2NO. The van der Waals surface area contributed by atoms with Crippen molar-refractivity contribution in [2.75, 3.05) is 20.2 Å². The van der Waals surface area contributed by atoms with Crippen molar-refractivity contribution in [1.29, 1.82) is 0 Å². The van der Waals surface area contributed by atoms with Gasteiger partial charge in [0.2, 0.25) is 0 Å². The van der Waals surface area contributed by atoms with Gasteiger partial charge >= 0.3 is 0 Å². The van der Waals surface area contributed by atoms with Gasteiger partial charge in [0.05, 0.1) is 4.47 Å². The molecule has 0 amide bonds. The van der Waals surface area contributed by atoms with E-state index in [1.54, 1.807) is 7.05 Å². The van der Waals surface area contributed by atoms with Gasteiger partial charge < -0.3 is 10.1 Å². The maximum Gasteiger partial charge on any atom is 0.169 e. The average Bonchev–Trinajstić information content (AvgIpc) is 2.16. The van der Waals surface area contributed by atoms with Crippen LogP contribution in [0.3, 0.4) is 0 Å².